The first kappa shape index (κ1) is 16.2. The number of rotatable bonds is 7. The van der Waals surface area contributed by atoms with Gasteiger partial charge in [-0.2, -0.15) is 5.10 Å². The number of aromatic nitrogens is 2. The Balaban J connectivity index is 3.00. The Morgan fingerprint density at radius 2 is 2.00 bits per heavy atom. The minimum Gasteiger partial charge on any atom is -0.373 e. The van der Waals surface area contributed by atoms with Crippen molar-refractivity contribution in [2.45, 2.75) is 40.2 Å². The fourth-order valence-electron chi connectivity index (χ4n) is 1.96. The molecule has 0 unspecified atom stereocenters. The van der Waals surface area contributed by atoms with Gasteiger partial charge in [0.25, 0.3) is 5.56 Å². The Hall–Kier alpha value is -0.840. The number of nitrogens with zero attached hydrogens (tertiary/aromatic N) is 3. The van der Waals surface area contributed by atoms with E-state index in [9.17, 15) is 4.79 Å². The van der Waals surface area contributed by atoms with Crippen molar-refractivity contribution < 1.29 is 0 Å². The molecule has 4 nitrogen and oxygen atoms in total. The summed E-state index contributed by atoms with van der Waals surface area (Å²) in [6, 6.07) is 1.67. The van der Waals surface area contributed by atoms with E-state index < -0.39 is 0 Å². The molecular formula is C14H24BrN3O. The monoisotopic (exact) mass is 329 g/mol. The molecule has 0 aliphatic rings. The van der Waals surface area contributed by atoms with Gasteiger partial charge in [0.1, 0.15) is 0 Å². The summed E-state index contributed by atoms with van der Waals surface area (Å²) in [7, 11) is 1.96. The molecule has 0 aliphatic heterocycles. The Morgan fingerprint density at radius 3 is 2.42 bits per heavy atom. The number of anilines is 1. The summed E-state index contributed by atoms with van der Waals surface area (Å²) in [6.07, 6.45) is 3.83. The molecule has 1 rings (SSSR count). The molecule has 1 heterocycles. The number of alkyl halides is 1. The lowest BCUT2D eigenvalue weighted by Crippen LogP contribution is -2.34. The summed E-state index contributed by atoms with van der Waals surface area (Å²) in [4.78, 5) is 14.2. The van der Waals surface area contributed by atoms with Crippen LogP contribution in [0.5, 0.6) is 0 Å². The van der Waals surface area contributed by atoms with Crippen LogP contribution in [0, 0.1) is 5.41 Å². The lowest BCUT2D eigenvalue weighted by Gasteiger charge is -2.29. The van der Waals surface area contributed by atoms with Crippen LogP contribution < -0.4 is 10.5 Å². The smallest absolute Gasteiger partial charge is 0.268 e. The molecule has 0 fully saturated rings. The highest BCUT2D eigenvalue weighted by Crippen LogP contribution is 2.30. The quantitative estimate of drug-likeness (QED) is 0.722. The van der Waals surface area contributed by atoms with Gasteiger partial charge in [0.15, 0.2) is 0 Å². The minimum atomic E-state index is -0.0231. The molecule has 0 spiro atoms. The van der Waals surface area contributed by atoms with E-state index in [4.69, 9.17) is 0 Å². The van der Waals surface area contributed by atoms with Crippen LogP contribution in [0.3, 0.4) is 0 Å². The molecule has 0 N–H and O–H groups in total. The number of halogens is 1. The van der Waals surface area contributed by atoms with E-state index in [-0.39, 0.29) is 11.0 Å². The maximum absolute atomic E-state index is 12.1. The molecule has 5 heteroatoms. The van der Waals surface area contributed by atoms with Crippen LogP contribution in [-0.4, -0.2) is 28.7 Å². The van der Waals surface area contributed by atoms with Gasteiger partial charge in [-0.3, -0.25) is 4.79 Å². The van der Waals surface area contributed by atoms with Crippen LogP contribution in [-0.2, 0) is 6.54 Å². The van der Waals surface area contributed by atoms with Gasteiger partial charge in [-0.05, 0) is 25.2 Å². The zero-order chi connectivity index (χ0) is 14.5. The zero-order valence-corrected chi connectivity index (χ0v) is 13.9. The predicted molar refractivity (Wildman–Crippen MR) is 84.3 cm³/mol. The van der Waals surface area contributed by atoms with Crippen LogP contribution in [0.25, 0.3) is 0 Å². The van der Waals surface area contributed by atoms with Gasteiger partial charge in [-0.25, -0.2) is 4.68 Å². The Kier molecular flexibility index (Phi) is 6.04. The normalized spacial score (nSPS) is 11.6. The lowest BCUT2D eigenvalue weighted by atomic mass is 9.85. The van der Waals surface area contributed by atoms with Crippen molar-refractivity contribution in [1.82, 2.24) is 9.78 Å². The topological polar surface area (TPSA) is 38.1 Å². The molecule has 0 bridgehead atoms. The molecule has 0 amide bonds. The molecular weight excluding hydrogens is 306 g/mol. The van der Waals surface area contributed by atoms with Crippen molar-refractivity contribution in [3.05, 3.63) is 22.6 Å². The van der Waals surface area contributed by atoms with Gasteiger partial charge in [0, 0.05) is 25.0 Å². The number of hydrogen-bond donors (Lipinski definition) is 0. The molecule has 0 atom stereocenters. The Bertz CT molecular complexity index is 446. The van der Waals surface area contributed by atoms with E-state index in [1.54, 1.807) is 16.9 Å². The third kappa shape index (κ3) is 3.81. The first-order chi connectivity index (χ1) is 9.01. The standard InChI is InChI=1S/C14H24BrN3O/c1-5-14(6-2,10-15)11-18-13(19)8-12(9-16-18)17(4)7-3/h8-9H,5-7,10-11H2,1-4H3. The van der Waals surface area contributed by atoms with Crippen molar-refractivity contribution in [3.63, 3.8) is 0 Å². The van der Waals surface area contributed by atoms with Crippen LogP contribution in [0.1, 0.15) is 33.6 Å². The van der Waals surface area contributed by atoms with E-state index in [0.29, 0.717) is 6.54 Å². The molecule has 0 radical (unpaired) electrons. The van der Waals surface area contributed by atoms with Crippen LogP contribution in [0.2, 0.25) is 0 Å². The molecule has 0 saturated heterocycles. The minimum absolute atomic E-state index is 0.0231. The average Bonchev–Trinajstić information content (AvgIpc) is 2.45. The Labute approximate surface area is 123 Å². The van der Waals surface area contributed by atoms with Crippen LogP contribution in [0.15, 0.2) is 17.1 Å². The lowest BCUT2D eigenvalue weighted by molar-refractivity contribution is 0.242. The molecule has 0 saturated carbocycles. The molecule has 0 aromatic carbocycles. The maximum Gasteiger partial charge on any atom is 0.268 e. The van der Waals surface area contributed by atoms with Crippen molar-refractivity contribution in [3.8, 4) is 0 Å². The SMILES string of the molecule is CCN(C)c1cnn(CC(CC)(CC)CBr)c(=O)c1. The molecule has 19 heavy (non-hydrogen) atoms. The van der Waals surface area contributed by atoms with E-state index in [1.165, 1.54) is 0 Å². The first-order valence-corrected chi connectivity index (χ1v) is 7.98. The summed E-state index contributed by atoms with van der Waals surface area (Å²) < 4.78 is 1.58. The van der Waals surface area contributed by atoms with Gasteiger partial charge in [-0.1, -0.05) is 29.8 Å². The van der Waals surface area contributed by atoms with Crippen molar-refractivity contribution >= 4 is 21.6 Å². The molecule has 108 valence electrons. The van der Waals surface area contributed by atoms with Crippen LogP contribution >= 0.6 is 15.9 Å². The van der Waals surface area contributed by atoms with Gasteiger partial charge >= 0.3 is 0 Å². The highest BCUT2D eigenvalue weighted by Gasteiger charge is 2.26. The number of hydrogen-bond acceptors (Lipinski definition) is 3. The van der Waals surface area contributed by atoms with Gasteiger partial charge in [-0.15, -0.1) is 0 Å². The summed E-state index contributed by atoms with van der Waals surface area (Å²) in [5.74, 6) is 0. The van der Waals surface area contributed by atoms with E-state index in [1.807, 2.05) is 11.9 Å². The third-order valence-corrected chi connectivity index (χ3v) is 5.23. The summed E-state index contributed by atoms with van der Waals surface area (Å²) in [6.45, 7) is 7.90. The fourth-order valence-corrected chi connectivity index (χ4v) is 2.93. The van der Waals surface area contributed by atoms with Crippen molar-refractivity contribution in [2.75, 3.05) is 23.8 Å². The fraction of sp³-hybridized carbons (Fsp3) is 0.714. The summed E-state index contributed by atoms with van der Waals surface area (Å²) >= 11 is 3.57. The first-order valence-electron chi connectivity index (χ1n) is 6.86. The van der Waals surface area contributed by atoms with E-state index in [2.05, 4.69) is 41.8 Å². The summed E-state index contributed by atoms with van der Waals surface area (Å²) in [5.41, 5.74) is 0.959. The maximum atomic E-state index is 12.1. The highest BCUT2D eigenvalue weighted by molar-refractivity contribution is 9.09. The third-order valence-electron chi connectivity index (χ3n) is 4.04. The second-order valence-electron chi connectivity index (χ2n) is 5.06. The van der Waals surface area contributed by atoms with Crippen molar-refractivity contribution in [1.29, 1.82) is 0 Å². The van der Waals surface area contributed by atoms with Crippen molar-refractivity contribution in [2.24, 2.45) is 5.41 Å². The largest absolute Gasteiger partial charge is 0.373 e. The second-order valence-corrected chi connectivity index (χ2v) is 5.63. The van der Waals surface area contributed by atoms with E-state index >= 15 is 0 Å². The Morgan fingerprint density at radius 1 is 1.37 bits per heavy atom. The average molecular weight is 330 g/mol. The highest BCUT2D eigenvalue weighted by atomic mass is 79.9. The van der Waals surface area contributed by atoms with Gasteiger partial charge in [0.05, 0.1) is 18.4 Å². The van der Waals surface area contributed by atoms with Gasteiger partial charge < -0.3 is 4.90 Å². The molecule has 1 aromatic rings. The van der Waals surface area contributed by atoms with E-state index in [0.717, 1.165) is 30.4 Å². The molecule has 1 aromatic heterocycles. The van der Waals surface area contributed by atoms with Gasteiger partial charge in [0.2, 0.25) is 0 Å². The zero-order valence-electron chi connectivity index (χ0n) is 12.3. The molecule has 0 aliphatic carbocycles. The van der Waals surface area contributed by atoms with Crippen LogP contribution in [0.4, 0.5) is 5.69 Å². The predicted octanol–water partition coefficient (Wildman–Crippen LogP) is 2.90. The second kappa shape index (κ2) is 7.08. The summed E-state index contributed by atoms with van der Waals surface area (Å²) in [5, 5.41) is 5.20.